The Hall–Kier alpha value is -2.15. The summed E-state index contributed by atoms with van der Waals surface area (Å²) >= 11 is 2.23. The molecule has 0 atom stereocenters. The summed E-state index contributed by atoms with van der Waals surface area (Å²) in [6.45, 7) is 0. The molecule has 1 heterocycles. The van der Waals surface area contributed by atoms with E-state index in [4.69, 9.17) is 0 Å². The van der Waals surface area contributed by atoms with Gasteiger partial charge in [0.05, 0.1) is 11.9 Å². The second-order valence-corrected chi connectivity index (χ2v) is 6.43. The summed E-state index contributed by atoms with van der Waals surface area (Å²) in [6, 6.07) is 17.7. The molecule has 1 amide bonds. The quantitative estimate of drug-likeness (QED) is 0.637. The Balaban J connectivity index is 1.56. The molecule has 0 aliphatic rings. The van der Waals surface area contributed by atoms with E-state index in [0.717, 1.165) is 20.5 Å². The molecule has 0 fully saturated rings. The summed E-state index contributed by atoms with van der Waals surface area (Å²) in [5.74, 6) is 0.0134. The first-order valence-electron chi connectivity index (χ1n) is 7.35. The van der Waals surface area contributed by atoms with E-state index in [2.05, 4.69) is 33.0 Å². The molecule has 1 aromatic heterocycles. The van der Waals surface area contributed by atoms with Gasteiger partial charge in [0, 0.05) is 21.9 Å². The van der Waals surface area contributed by atoms with E-state index in [0.29, 0.717) is 12.8 Å². The van der Waals surface area contributed by atoms with Crippen molar-refractivity contribution >= 4 is 34.2 Å². The van der Waals surface area contributed by atoms with Gasteiger partial charge in [-0.2, -0.15) is 5.10 Å². The average molecular weight is 417 g/mol. The molecule has 5 heteroatoms. The number of carbonyl (C=O) groups is 1. The molecule has 0 aliphatic carbocycles. The summed E-state index contributed by atoms with van der Waals surface area (Å²) in [7, 11) is 0. The van der Waals surface area contributed by atoms with Gasteiger partial charge in [0.15, 0.2) is 0 Å². The number of aryl methyl sites for hydroxylation is 1. The molecule has 1 N–H and O–H groups in total. The van der Waals surface area contributed by atoms with E-state index in [1.165, 1.54) is 0 Å². The van der Waals surface area contributed by atoms with E-state index in [1.54, 1.807) is 0 Å². The summed E-state index contributed by atoms with van der Waals surface area (Å²) in [5, 5.41) is 7.26. The van der Waals surface area contributed by atoms with Crippen LogP contribution < -0.4 is 5.32 Å². The number of amides is 1. The van der Waals surface area contributed by atoms with Crippen LogP contribution >= 0.6 is 22.6 Å². The Morgan fingerprint density at radius 1 is 1.13 bits per heavy atom. The zero-order chi connectivity index (χ0) is 16.1. The Morgan fingerprint density at radius 3 is 2.74 bits per heavy atom. The highest BCUT2D eigenvalue weighted by Gasteiger charge is 2.06. The van der Waals surface area contributed by atoms with E-state index in [-0.39, 0.29) is 5.91 Å². The molecule has 116 valence electrons. The van der Waals surface area contributed by atoms with Crippen LogP contribution in [0.2, 0.25) is 0 Å². The summed E-state index contributed by atoms with van der Waals surface area (Å²) < 4.78 is 2.93. The number of carbonyl (C=O) groups excluding carboxylic acids is 1. The van der Waals surface area contributed by atoms with Crippen molar-refractivity contribution < 1.29 is 4.79 Å². The summed E-state index contributed by atoms with van der Waals surface area (Å²) in [5.41, 5.74) is 2.90. The number of hydrogen-bond acceptors (Lipinski definition) is 2. The Bertz CT molecular complexity index is 799. The number of nitrogens with zero attached hydrogens (tertiary/aromatic N) is 2. The van der Waals surface area contributed by atoms with Crippen molar-refractivity contribution in [3.8, 4) is 5.69 Å². The van der Waals surface area contributed by atoms with Gasteiger partial charge in [-0.05, 0) is 64.9 Å². The Morgan fingerprint density at radius 2 is 1.96 bits per heavy atom. The fourth-order valence-corrected chi connectivity index (χ4v) is 2.80. The van der Waals surface area contributed by atoms with Crippen LogP contribution in [-0.4, -0.2) is 15.7 Å². The van der Waals surface area contributed by atoms with Crippen molar-refractivity contribution in [2.45, 2.75) is 12.8 Å². The van der Waals surface area contributed by atoms with Gasteiger partial charge in [-0.25, -0.2) is 4.68 Å². The maximum Gasteiger partial charge on any atom is 0.224 e. The molecule has 0 saturated carbocycles. The fraction of sp³-hybridized carbons (Fsp3) is 0.111. The number of nitrogens with one attached hydrogen (secondary N) is 1. The van der Waals surface area contributed by atoms with Crippen molar-refractivity contribution in [2.75, 3.05) is 5.32 Å². The predicted molar refractivity (Wildman–Crippen MR) is 99.7 cm³/mol. The van der Waals surface area contributed by atoms with Crippen LogP contribution in [0.15, 0.2) is 67.0 Å². The molecule has 2 aromatic carbocycles. The summed E-state index contributed by atoms with van der Waals surface area (Å²) in [6.07, 6.45) is 4.88. The van der Waals surface area contributed by atoms with E-state index < -0.39 is 0 Å². The minimum absolute atomic E-state index is 0.0134. The first-order chi connectivity index (χ1) is 11.2. The molecule has 0 aliphatic heterocycles. The molecule has 4 nitrogen and oxygen atoms in total. The molecule has 0 bridgehead atoms. The van der Waals surface area contributed by atoms with Gasteiger partial charge in [-0.1, -0.05) is 24.3 Å². The molecule has 3 rings (SSSR count). The van der Waals surface area contributed by atoms with Gasteiger partial charge >= 0.3 is 0 Å². The van der Waals surface area contributed by atoms with Gasteiger partial charge in [0.1, 0.15) is 0 Å². The average Bonchev–Trinajstić information content (AvgIpc) is 3.03. The SMILES string of the molecule is O=C(CCc1cnn(-c2ccccc2)c1)Nc1cccc(I)c1. The lowest BCUT2D eigenvalue weighted by atomic mass is 10.2. The van der Waals surface area contributed by atoms with Crippen LogP contribution in [0.3, 0.4) is 0 Å². The van der Waals surface area contributed by atoms with Crippen molar-refractivity contribution in [3.05, 3.63) is 76.1 Å². The Kier molecular flexibility index (Phi) is 5.07. The standard InChI is InChI=1S/C18H16IN3O/c19-15-5-4-6-16(11-15)21-18(23)10-9-14-12-20-22(13-14)17-7-2-1-3-8-17/h1-8,11-13H,9-10H2,(H,21,23). The third-order valence-corrected chi connectivity index (χ3v) is 4.08. The topological polar surface area (TPSA) is 46.9 Å². The smallest absolute Gasteiger partial charge is 0.224 e. The van der Waals surface area contributed by atoms with Crippen LogP contribution in [0, 0.1) is 3.57 Å². The number of benzene rings is 2. The summed E-state index contributed by atoms with van der Waals surface area (Å²) in [4.78, 5) is 12.0. The lowest BCUT2D eigenvalue weighted by Gasteiger charge is -2.05. The van der Waals surface area contributed by atoms with E-state index >= 15 is 0 Å². The highest BCUT2D eigenvalue weighted by atomic mass is 127. The predicted octanol–water partition coefficient (Wildman–Crippen LogP) is 4.05. The molecule has 0 unspecified atom stereocenters. The molecular formula is C18H16IN3O. The number of rotatable bonds is 5. The third-order valence-electron chi connectivity index (χ3n) is 3.41. The minimum Gasteiger partial charge on any atom is -0.326 e. The Labute approximate surface area is 148 Å². The van der Waals surface area contributed by atoms with Crippen molar-refractivity contribution in [1.29, 1.82) is 0 Å². The fourth-order valence-electron chi connectivity index (χ4n) is 2.26. The number of para-hydroxylation sites is 1. The molecule has 23 heavy (non-hydrogen) atoms. The zero-order valence-corrected chi connectivity index (χ0v) is 14.6. The molecule has 0 radical (unpaired) electrons. The zero-order valence-electron chi connectivity index (χ0n) is 12.4. The molecule has 0 saturated heterocycles. The highest BCUT2D eigenvalue weighted by Crippen LogP contribution is 2.13. The van der Waals surface area contributed by atoms with Crippen LogP contribution in [-0.2, 0) is 11.2 Å². The van der Waals surface area contributed by atoms with Gasteiger partial charge in [-0.3, -0.25) is 4.79 Å². The first-order valence-corrected chi connectivity index (χ1v) is 8.43. The van der Waals surface area contributed by atoms with Crippen molar-refractivity contribution in [3.63, 3.8) is 0 Å². The van der Waals surface area contributed by atoms with Gasteiger partial charge < -0.3 is 5.32 Å². The maximum atomic E-state index is 12.0. The van der Waals surface area contributed by atoms with Gasteiger partial charge in [0.25, 0.3) is 0 Å². The largest absolute Gasteiger partial charge is 0.326 e. The second-order valence-electron chi connectivity index (χ2n) is 5.19. The van der Waals surface area contributed by atoms with Crippen molar-refractivity contribution in [1.82, 2.24) is 9.78 Å². The van der Waals surface area contributed by atoms with Crippen LogP contribution in [0.25, 0.3) is 5.69 Å². The van der Waals surface area contributed by atoms with Crippen LogP contribution in [0.4, 0.5) is 5.69 Å². The third kappa shape index (κ3) is 4.41. The lowest BCUT2D eigenvalue weighted by molar-refractivity contribution is -0.116. The lowest BCUT2D eigenvalue weighted by Crippen LogP contribution is -2.12. The van der Waals surface area contributed by atoms with E-state index in [1.807, 2.05) is 71.7 Å². The molecular weight excluding hydrogens is 401 g/mol. The first kappa shape index (κ1) is 15.7. The number of halogens is 1. The van der Waals surface area contributed by atoms with Crippen LogP contribution in [0.1, 0.15) is 12.0 Å². The minimum atomic E-state index is 0.0134. The normalized spacial score (nSPS) is 10.5. The van der Waals surface area contributed by atoms with E-state index in [9.17, 15) is 4.79 Å². The maximum absolute atomic E-state index is 12.0. The van der Waals surface area contributed by atoms with Crippen LogP contribution in [0.5, 0.6) is 0 Å². The van der Waals surface area contributed by atoms with Gasteiger partial charge in [-0.15, -0.1) is 0 Å². The molecule has 0 spiro atoms. The highest BCUT2D eigenvalue weighted by molar-refractivity contribution is 14.1. The molecule has 3 aromatic rings. The number of anilines is 1. The van der Waals surface area contributed by atoms with Crippen molar-refractivity contribution in [2.24, 2.45) is 0 Å². The second kappa shape index (κ2) is 7.41. The monoisotopic (exact) mass is 417 g/mol. The van der Waals surface area contributed by atoms with Gasteiger partial charge in [0.2, 0.25) is 5.91 Å². The number of hydrogen-bond donors (Lipinski definition) is 1. The number of aromatic nitrogens is 2.